The molecule has 0 aliphatic carbocycles. The number of halogens is 1. The smallest absolute Gasteiger partial charge is 0.256 e. The zero-order chi connectivity index (χ0) is 25.6. The molecule has 8 heteroatoms. The molecule has 0 aliphatic rings. The van der Waals surface area contributed by atoms with Crippen LogP contribution in [-0.2, 0) is 13.6 Å². The van der Waals surface area contributed by atoms with Crippen LogP contribution in [0.4, 0.5) is 10.1 Å². The molecule has 0 radical (unpaired) electrons. The lowest BCUT2D eigenvalue weighted by molar-refractivity contribution is 0.102. The number of nitrogens with one attached hydrogen (secondary N) is 1. The number of benzene rings is 2. The van der Waals surface area contributed by atoms with Gasteiger partial charge in [0, 0.05) is 29.3 Å². The summed E-state index contributed by atoms with van der Waals surface area (Å²) in [4.78, 5) is 18.5. The van der Waals surface area contributed by atoms with E-state index in [1.165, 1.54) is 6.07 Å². The largest absolute Gasteiger partial charge is 0.319 e. The molecule has 3 aromatic heterocycles. The Bertz CT molecular complexity index is 1630. The van der Waals surface area contributed by atoms with Crippen molar-refractivity contribution in [2.45, 2.75) is 34.2 Å². The first-order valence-corrected chi connectivity index (χ1v) is 11.7. The van der Waals surface area contributed by atoms with Crippen LogP contribution in [0.3, 0.4) is 0 Å². The SMILES string of the molecule is Cc1nn(Cc2ccccc2F)c(C)c1NC(=O)c1cc(-c2c(C)nn(C)c2C)nc2ccccc12. The number of fused-ring (bicyclic) bond motifs is 1. The van der Waals surface area contributed by atoms with Crippen LogP contribution in [0.25, 0.3) is 22.2 Å². The van der Waals surface area contributed by atoms with Gasteiger partial charge in [0.25, 0.3) is 5.91 Å². The summed E-state index contributed by atoms with van der Waals surface area (Å²) in [6.07, 6.45) is 0. The van der Waals surface area contributed by atoms with Crippen molar-refractivity contribution in [2.75, 3.05) is 5.32 Å². The van der Waals surface area contributed by atoms with Gasteiger partial charge in [0.15, 0.2) is 0 Å². The van der Waals surface area contributed by atoms with Crippen molar-refractivity contribution in [3.8, 4) is 11.3 Å². The molecule has 0 saturated heterocycles. The van der Waals surface area contributed by atoms with E-state index in [0.717, 1.165) is 33.5 Å². The quantitative estimate of drug-likeness (QED) is 0.359. The maximum Gasteiger partial charge on any atom is 0.256 e. The molecule has 5 aromatic rings. The van der Waals surface area contributed by atoms with E-state index in [4.69, 9.17) is 4.98 Å². The van der Waals surface area contributed by atoms with Gasteiger partial charge in [-0.05, 0) is 45.9 Å². The molecule has 0 unspecified atom stereocenters. The van der Waals surface area contributed by atoms with E-state index in [9.17, 15) is 9.18 Å². The Morgan fingerprint density at radius 1 is 0.944 bits per heavy atom. The minimum atomic E-state index is -0.285. The third kappa shape index (κ3) is 4.04. The molecule has 36 heavy (non-hydrogen) atoms. The highest BCUT2D eigenvalue weighted by atomic mass is 19.1. The van der Waals surface area contributed by atoms with Crippen LogP contribution in [0, 0.1) is 33.5 Å². The fourth-order valence-electron chi connectivity index (χ4n) is 4.64. The molecular formula is C28H27FN6O. The molecule has 0 bridgehead atoms. The second kappa shape index (κ2) is 9.03. The zero-order valence-corrected chi connectivity index (χ0v) is 20.9. The molecule has 3 heterocycles. The van der Waals surface area contributed by atoms with E-state index in [1.54, 1.807) is 22.9 Å². The number of carbonyl (C=O) groups is 1. The molecule has 5 rings (SSSR count). The zero-order valence-electron chi connectivity index (χ0n) is 20.9. The topological polar surface area (TPSA) is 77.6 Å². The Morgan fingerprint density at radius 2 is 1.67 bits per heavy atom. The first-order valence-electron chi connectivity index (χ1n) is 11.7. The molecule has 1 amide bonds. The van der Waals surface area contributed by atoms with Crippen LogP contribution in [-0.4, -0.2) is 30.5 Å². The lowest BCUT2D eigenvalue weighted by Crippen LogP contribution is -2.14. The van der Waals surface area contributed by atoms with Crippen LogP contribution in [0.2, 0.25) is 0 Å². The van der Waals surface area contributed by atoms with Gasteiger partial charge in [-0.3, -0.25) is 14.2 Å². The van der Waals surface area contributed by atoms with Crippen LogP contribution in [0.5, 0.6) is 0 Å². The predicted octanol–water partition coefficient (Wildman–Crippen LogP) is 5.51. The number of hydrogen-bond donors (Lipinski definition) is 1. The first-order chi connectivity index (χ1) is 17.2. The van der Waals surface area contributed by atoms with Gasteiger partial charge in [-0.2, -0.15) is 10.2 Å². The number of anilines is 1. The highest BCUT2D eigenvalue weighted by Gasteiger charge is 2.21. The van der Waals surface area contributed by atoms with Gasteiger partial charge in [-0.15, -0.1) is 0 Å². The lowest BCUT2D eigenvalue weighted by Gasteiger charge is -2.12. The fraction of sp³-hybridized carbons (Fsp3) is 0.214. The van der Waals surface area contributed by atoms with Crippen molar-refractivity contribution in [1.29, 1.82) is 0 Å². The molecule has 1 N–H and O–H groups in total. The second-order valence-electron chi connectivity index (χ2n) is 8.99. The number of amides is 1. The average Bonchev–Trinajstić information content (AvgIpc) is 3.27. The number of aromatic nitrogens is 5. The monoisotopic (exact) mass is 482 g/mol. The summed E-state index contributed by atoms with van der Waals surface area (Å²) in [5, 5.41) is 12.9. The molecule has 7 nitrogen and oxygen atoms in total. The van der Waals surface area contributed by atoms with Crippen molar-refractivity contribution in [3.63, 3.8) is 0 Å². The Kier molecular flexibility index (Phi) is 5.88. The number of hydrogen-bond acceptors (Lipinski definition) is 4. The minimum Gasteiger partial charge on any atom is -0.319 e. The summed E-state index contributed by atoms with van der Waals surface area (Å²) in [6, 6.07) is 16.0. The molecule has 2 aromatic carbocycles. The van der Waals surface area contributed by atoms with E-state index in [-0.39, 0.29) is 18.3 Å². The fourth-order valence-corrected chi connectivity index (χ4v) is 4.64. The molecule has 182 valence electrons. The van der Waals surface area contributed by atoms with Gasteiger partial charge in [0.1, 0.15) is 5.82 Å². The van der Waals surface area contributed by atoms with E-state index < -0.39 is 0 Å². The Balaban J connectivity index is 1.54. The molecule has 0 aliphatic heterocycles. The van der Waals surface area contributed by atoms with Crippen molar-refractivity contribution >= 4 is 22.5 Å². The van der Waals surface area contributed by atoms with Gasteiger partial charge in [0.2, 0.25) is 0 Å². The number of carbonyl (C=O) groups excluding carboxylic acids is 1. The van der Waals surface area contributed by atoms with Gasteiger partial charge >= 0.3 is 0 Å². The van der Waals surface area contributed by atoms with Gasteiger partial charge in [0.05, 0.1) is 46.1 Å². The summed E-state index contributed by atoms with van der Waals surface area (Å²) < 4.78 is 17.7. The molecule has 0 spiro atoms. The number of aryl methyl sites for hydroxylation is 3. The normalized spacial score (nSPS) is 11.3. The summed E-state index contributed by atoms with van der Waals surface area (Å²) in [5.41, 5.74) is 7.25. The van der Waals surface area contributed by atoms with Gasteiger partial charge in [-0.25, -0.2) is 9.37 Å². The number of pyridine rings is 1. The highest BCUT2D eigenvalue weighted by molar-refractivity contribution is 6.13. The van der Waals surface area contributed by atoms with E-state index in [1.807, 2.05) is 69.8 Å². The van der Waals surface area contributed by atoms with Gasteiger partial charge in [-0.1, -0.05) is 36.4 Å². The Morgan fingerprint density at radius 3 is 2.39 bits per heavy atom. The molecular weight excluding hydrogens is 455 g/mol. The minimum absolute atomic E-state index is 0.259. The molecule has 0 saturated carbocycles. The summed E-state index contributed by atoms with van der Waals surface area (Å²) in [7, 11) is 1.89. The summed E-state index contributed by atoms with van der Waals surface area (Å²) in [6.45, 7) is 7.91. The summed E-state index contributed by atoms with van der Waals surface area (Å²) in [5.74, 6) is -0.543. The average molecular weight is 483 g/mol. The van der Waals surface area contributed by atoms with Crippen molar-refractivity contribution in [3.05, 3.63) is 94.3 Å². The van der Waals surface area contributed by atoms with Gasteiger partial charge < -0.3 is 5.32 Å². The highest BCUT2D eigenvalue weighted by Crippen LogP contribution is 2.30. The van der Waals surface area contributed by atoms with E-state index in [0.29, 0.717) is 28.2 Å². The van der Waals surface area contributed by atoms with Crippen LogP contribution in [0.1, 0.15) is 38.7 Å². The number of rotatable bonds is 5. The lowest BCUT2D eigenvalue weighted by atomic mass is 10.0. The molecule has 0 atom stereocenters. The van der Waals surface area contributed by atoms with Crippen LogP contribution < -0.4 is 5.32 Å². The Hall–Kier alpha value is -4.33. The third-order valence-corrected chi connectivity index (χ3v) is 6.62. The van der Waals surface area contributed by atoms with E-state index >= 15 is 0 Å². The predicted molar refractivity (Wildman–Crippen MR) is 139 cm³/mol. The molecule has 0 fully saturated rings. The van der Waals surface area contributed by atoms with Crippen molar-refractivity contribution in [1.82, 2.24) is 24.5 Å². The standard InChI is InChI=1S/C28H27FN6O/c1-16-26(18(3)34(5)32-16)25-14-22(21-11-7-9-13-24(21)30-25)28(36)31-27-17(2)33-35(19(27)4)15-20-10-6-8-12-23(20)29/h6-14H,15H2,1-5H3,(H,31,36). The van der Waals surface area contributed by atoms with Crippen LogP contribution in [0.15, 0.2) is 54.6 Å². The summed E-state index contributed by atoms with van der Waals surface area (Å²) >= 11 is 0. The van der Waals surface area contributed by atoms with Crippen molar-refractivity contribution in [2.24, 2.45) is 7.05 Å². The first kappa shape index (κ1) is 23.4. The Labute approximate surface area is 208 Å². The van der Waals surface area contributed by atoms with E-state index in [2.05, 4.69) is 15.5 Å². The van der Waals surface area contributed by atoms with Crippen LogP contribution >= 0.6 is 0 Å². The second-order valence-corrected chi connectivity index (χ2v) is 8.99. The maximum atomic E-state index is 14.2. The number of nitrogens with zero attached hydrogens (tertiary/aromatic N) is 5. The van der Waals surface area contributed by atoms with Crippen molar-refractivity contribution < 1.29 is 9.18 Å². The maximum absolute atomic E-state index is 14.2. The number of para-hydroxylation sites is 1. The third-order valence-electron chi connectivity index (χ3n) is 6.62.